The predicted octanol–water partition coefficient (Wildman–Crippen LogP) is 3.23. The highest BCUT2D eigenvalue weighted by atomic mass is 32.2. The average molecular weight is 308 g/mol. The van der Waals surface area contributed by atoms with Gasteiger partial charge in [-0.3, -0.25) is 4.79 Å². The van der Waals surface area contributed by atoms with Crippen molar-refractivity contribution < 1.29 is 9.53 Å². The molecule has 1 amide bonds. The van der Waals surface area contributed by atoms with Crippen LogP contribution in [0.5, 0.6) is 5.88 Å². The van der Waals surface area contributed by atoms with Gasteiger partial charge in [-0.1, -0.05) is 13.3 Å². The van der Waals surface area contributed by atoms with E-state index < -0.39 is 0 Å². The molecule has 0 spiro atoms. The average Bonchev–Trinajstić information content (AvgIpc) is 3.01. The lowest BCUT2D eigenvalue weighted by Crippen LogP contribution is -2.31. The van der Waals surface area contributed by atoms with E-state index in [0.29, 0.717) is 11.4 Å². The molecule has 0 saturated carbocycles. The zero-order valence-corrected chi connectivity index (χ0v) is 13.7. The van der Waals surface area contributed by atoms with Crippen molar-refractivity contribution in [3.05, 3.63) is 23.9 Å². The van der Waals surface area contributed by atoms with Crippen molar-refractivity contribution in [1.29, 1.82) is 0 Å². The number of carbonyl (C=O) groups excluding carboxylic acids is 1. The maximum absolute atomic E-state index is 12.4. The first-order chi connectivity index (χ1) is 10.2. The van der Waals surface area contributed by atoms with Crippen molar-refractivity contribution in [3.8, 4) is 5.88 Å². The van der Waals surface area contributed by atoms with E-state index >= 15 is 0 Å². The molecule has 0 bridgehead atoms. The molecule has 1 unspecified atom stereocenters. The molecule has 0 radical (unpaired) electrons. The van der Waals surface area contributed by atoms with Gasteiger partial charge in [0.05, 0.1) is 5.56 Å². The summed E-state index contributed by atoms with van der Waals surface area (Å²) in [6, 6.07) is 3.63. The molecular weight excluding hydrogens is 284 g/mol. The summed E-state index contributed by atoms with van der Waals surface area (Å²) in [4.78, 5) is 18.5. The second-order valence-electron chi connectivity index (χ2n) is 5.23. The van der Waals surface area contributed by atoms with Gasteiger partial charge in [-0.25, -0.2) is 4.98 Å². The van der Waals surface area contributed by atoms with Crippen LogP contribution >= 0.6 is 11.8 Å². The molecule has 1 fully saturated rings. The van der Waals surface area contributed by atoms with Crippen molar-refractivity contribution >= 4 is 17.7 Å². The summed E-state index contributed by atoms with van der Waals surface area (Å²) in [5.41, 5.74) is 0.640. The van der Waals surface area contributed by atoms with E-state index in [4.69, 9.17) is 4.74 Å². The molecule has 116 valence electrons. The summed E-state index contributed by atoms with van der Waals surface area (Å²) < 4.78 is 5.80. The monoisotopic (exact) mass is 308 g/mol. The lowest BCUT2D eigenvalue weighted by atomic mass is 10.2. The van der Waals surface area contributed by atoms with Gasteiger partial charge in [0.25, 0.3) is 5.91 Å². The van der Waals surface area contributed by atoms with Crippen LogP contribution in [0.15, 0.2) is 18.3 Å². The molecule has 2 rings (SSSR count). The van der Waals surface area contributed by atoms with E-state index in [2.05, 4.69) is 11.9 Å². The zero-order chi connectivity index (χ0) is 15.1. The predicted molar refractivity (Wildman–Crippen MR) is 87.1 cm³/mol. The molecule has 1 aromatic heterocycles. The number of carbonyl (C=O) groups is 1. The molecule has 1 aliphatic heterocycles. The number of rotatable bonds is 7. The minimum absolute atomic E-state index is 0.0569. The van der Waals surface area contributed by atoms with Crippen molar-refractivity contribution in [1.82, 2.24) is 9.88 Å². The Morgan fingerprint density at radius 3 is 2.90 bits per heavy atom. The minimum Gasteiger partial charge on any atom is -0.473 e. The number of unbranched alkanes of at least 4 members (excludes halogenated alkanes) is 1. The smallest absolute Gasteiger partial charge is 0.255 e. The number of nitrogens with zero attached hydrogens (tertiary/aromatic N) is 2. The van der Waals surface area contributed by atoms with Gasteiger partial charge in [-0.2, -0.15) is 11.8 Å². The van der Waals surface area contributed by atoms with Crippen LogP contribution in [-0.4, -0.2) is 46.5 Å². The molecule has 1 aromatic rings. The Labute approximate surface area is 131 Å². The first-order valence-electron chi connectivity index (χ1n) is 7.74. The quantitative estimate of drug-likeness (QED) is 0.775. The number of pyridine rings is 1. The van der Waals surface area contributed by atoms with Crippen LogP contribution in [0, 0.1) is 0 Å². The van der Waals surface area contributed by atoms with E-state index in [-0.39, 0.29) is 12.0 Å². The Morgan fingerprint density at radius 1 is 1.48 bits per heavy atom. The Morgan fingerprint density at radius 2 is 2.33 bits per heavy atom. The molecule has 1 atom stereocenters. The fourth-order valence-corrected chi connectivity index (χ4v) is 3.38. The van der Waals surface area contributed by atoms with Crippen LogP contribution in [0.3, 0.4) is 0 Å². The third-order valence-corrected chi connectivity index (χ3v) is 4.74. The highest BCUT2D eigenvalue weighted by molar-refractivity contribution is 7.99. The molecular formula is C16H24N2O2S. The Kier molecular flexibility index (Phi) is 6.36. The van der Waals surface area contributed by atoms with Gasteiger partial charge in [0.15, 0.2) is 0 Å². The molecule has 1 aliphatic rings. The Bertz CT molecular complexity index is 444. The summed E-state index contributed by atoms with van der Waals surface area (Å²) in [7, 11) is 0. The van der Waals surface area contributed by atoms with Gasteiger partial charge in [0.1, 0.15) is 6.10 Å². The van der Waals surface area contributed by atoms with E-state index in [9.17, 15) is 4.79 Å². The first-order valence-corrected chi connectivity index (χ1v) is 8.89. The standard InChI is InChI=1S/C16H24N2O2S/c1-3-5-9-18(4-2)16(19)13-6-7-15(17-11-13)20-14-8-10-21-12-14/h6-7,11,14H,3-5,8-10,12H2,1-2H3. The topological polar surface area (TPSA) is 42.4 Å². The van der Waals surface area contributed by atoms with Gasteiger partial charge >= 0.3 is 0 Å². The third-order valence-electron chi connectivity index (χ3n) is 3.61. The van der Waals surface area contributed by atoms with E-state index in [1.807, 2.05) is 35.7 Å². The Balaban J connectivity index is 1.94. The van der Waals surface area contributed by atoms with Gasteiger partial charge in [-0.05, 0) is 31.6 Å². The second-order valence-corrected chi connectivity index (χ2v) is 6.38. The van der Waals surface area contributed by atoms with Crippen LogP contribution in [0.2, 0.25) is 0 Å². The van der Waals surface area contributed by atoms with Crippen LogP contribution in [0.4, 0.5) is 0 Å². The molecule has 21 heavy (non-hydrogen) atoms. The van der Waals surface area contributed by atoms with E-state index in [1.165, 1.54) is 0 Å². The highest BCUT2D eigenvalue weighted by Gasteiger charge is 2.18. The summed E-state index contributed by atoms with van der Waals surface area (Å²) >= 11 is 1.91. The summed E-state index contributed by atoms with van der Waals surface area (Å²) in [6.45, 7) is 5.68. The minimum atomic E-state index is 0.0569. The fraction of sp³-hybridized carbons (Fsp3) is 0.625. The van der Waals surface area contributed by atoms with Gasteiger partial charge < -0.3 is 9.64 Å². The van der Waals surface area contributed by atoms with Gasteiger partial charge in [0, 0.05) is 31.1 Å². The van der Waals surface area contributed by atoms with Crippen molar-refractivity contribution in [2.75, 3.05) is 24.6 Å². The lowest BCUT2D eigenvalue weighted by molar-refractivity contribution is 0.0761. The normalized spacial score (nSPS) is 17.7. The van der Waals surface area contributed by atoms with Crippen LogP contribution in [0.1, 0.15) is 43.5 Å². The second kappa shape index (κ2) is 8.27. The highest BCUT2D eigenvalue weighted by Crippen LogP contribution is 2.22. The number of thioether (sulfide) groups is 1. The van der Waals surface area contributed by atoms with E-state index in [1.54, 1.807) is 6.20 Å². The molecule has 0 aromatic carbocycles. The maximum Gasteiger partial charge on any atom is 0.255 e. The van der Waals surface area contributed by atoms with Gasteiger partial charge in [-0.15, -0.1) is 0 Å². The summed E-state index contributed by atoms with van der Waals surface area (Å²) in [5, 5.41) is 0. The third kappa shape index (κ3) is 4.63. The summed E-state index contributed by atoms with van der Waals surface area (Å²) in [6.07, 6.45) is 5.10. The Hall–Kier alpha value is -1.23. The first kappa shape index (κ1) is 16.1. The number of aromatic nitrogens is 1. The molecule has 0 aliphatic carbocycles. The molecule has 5 heteroatoms. The number of hydrogen-bond donors (Lipinski definition) is 0. The number of ether oxygens (including phenoxy) is 1. The molecule has 1 saturated heterocycles. The van der Waals surface area contributed by atoms with Crippen LogP contribution in [0.25, 0.3) is 0 Å². The summed E-state index contributed by atoms with van der Waals surface area (Å²) in [5.74, 6) is 2.87. The zero-order valence-electron chi connectivity index (χ0n) is 12.9. The van der Waals surface area contributed by atoms with E-state index in [0.717, 1.165) is 43.9 Å². The fourth-order valence-electron chi connectivity index (χ4n) is 2.29. The van der Waals surface area contributed by atoms with Crippen molar-refractivity contribution in [2.45, 2.75) is 39.2 Å². The number of hydrogen-bond acceptors (Lipinski definition) is 4. The number of amides is 1. The van der Waals surface area contributed by atoms with Crippen molar-refractivity contribution in [2.24, 2.45) is 0 Å². The molecule has 4 nitrogen and oxygen atoms in total. The maximum atomic E-state index is 12.4. The largest absolute Gasteiger partial charge is 0.473 e. The van der Waals surface area contributed by atoms with Gasteiger partial charge in [0.2, 0.25) is 5.88 Å². The van der Waals surface area contributed by atoms with Crippen LogP contribution < -0.4 is 4.74 Å². The molecule has 0 N–H and O–H groups in total. The lowest BCUT2D eigenvalue weighted by Gasteiger charge is -2.20. The van der Waals surface area contributed by atoms with Crippen LogP contribution in [-0.2, 0) is 0 Å². The SMILES string of the molecule is CCCCN(CC)C(=O)c1ccc(OC2CCSC2)nc1. The molecule has 2 heterocycles. The van der Waals surface area contributed by atoms with Crippen molar-refractivity contribution in [3.63, 3.8) is 0 Å².